The lowest BCUT2D eigenvalue weighted by molar-refractivity contribution is 0.0937. The van der Waals surface area contributed by atoms with E-state index in [1.807, 2.05) is 55.5 Å². The Hall–Kier alpha value is -2.33. The van der Waals surface area contributed by atoms with Crippen LogP contribution in [0.15, 0.2) is 54.6 Å². The number of carbonyl (C=O) groups excluding carboxylic acids is 1. The molecule has 0 saturated carbocycles. The summed E-state index contributed by atoms with van der Waals surface area (Å²) in [6, 6.07) is 17.0. The first kappa shape index (κ1) is 18.0. The molecule has 128 valence electrons. The second-order valence-electron chi connectivity index (χ2n) is 6.16. The van der Waals surface area contributed by atoms with Gasteiger partial charge in [-0.15, -0.1) is 0 Å². The number of carbonyl (C=O) groups is 1. The Morgan fingerprint density at radius 1 is 1.08 bits per heavy atom. The summed E-state index contributed by atoms with van der Waals surface area (Å²) >= 11 is 0. The van der Waals surface area contributed by atoms with E-state index in [0.717, 1.165) is 11.3 Å². The summed E-state index contributed by atoms with van der Waals surface area (Å²) in [6.45, 7) is 4.65. The number of para-hydroxylation sites is 1. The number of benzene rings is 2. The predicted molar refractivity (Wildman–Crippen MR) is 95.0 cm³/mol. The molecule has 0 aliphatic heterocycles. The van der Waals surface area contributed by atoms with E-state index in [2.05, 4.69) is 5.32 Å². The molecular weight excluding hydrogens is 302 g/mol. The fourth-order valence-electron chi connectivity index (χ4n) is 2.57. The number of hydrogen-bond acceptors (Lipinski definition) is 3. The van der Waals surface area contributed by atoms with Crippen LogP contribution in [0.5, 0.6) is 5.75 Å². The van der Waals surface area contributed by atoms with Gasteiger partial charge in [0.25, 0.3) is 5.91 Å². The highest BCUT2D eigenvalue weighted by atomic mass is 16.5. The van der Waals surface area contributed by atoms with Gasteiger partial charge in [0.1, 0.15) is 12.4 Å². The minimum Gasteiger partial charge on any atom is -0.489 e. The molecule has 0 heterocycles. The smallest absolute Gasteiger partial charge is 0.251 e. The zero-order valence-electron chi connectivity index (χ0n) is 14.2. The normalized spacial score (nSPS) is 13.1. The Balaban J connectivity index is 1.96. The van der Waals surface area contributed by atoms with Gasteiger partial charge < -0.3 is 15.2 Å². The highest BCUT2D eigenvalue weighted by Gasteiger charge is 2.13. The van der Waals surface area contributed by atoms with Gasteiger partial charge in [-0.2, -0.15) is 0 Å². The summed E-state index contributed by atoms with van der Waals surface area (Å²) in [5.74, 6) is 0.889. The molecule has 2 unspecified atom stereocenters. The number of aliphatic hydroxyl groups is 1. The van der Waals surface area contributed by atoms with E-state index in [1.54, 1.807) is 13.0 Å². The van der Waals surface area contributed by atoms with Crippen LogP contribution in [0.2, 0.25) is 0 Å². The zero-order chi connectivity index (χ0) is 17.4. The number of hydrogen-bond donors (Lipinski definition) is 2. The summed E-state index contributed by atoms with van der Waals surface area (Å²) in [5.41, 5.74) is 1.47. The van der Waals surface area contributed by atoms with E-state index in [4.69, 9.17) is 4.74 Å². The second kappa shape index (κ2) is 9.08. The van der Waals surface area contributed by atoms with Gasteiger partial charge in [0.05, 0.1) is 6.10 Å². The molecule has 2 rings (SSSR count). The van der Waals surface area contributed by atoms with Crippen molar-refractivity contribution in [3.8, 4) is 5.75 Å². The van der Waals surface area contributed by atoms with Crippen molar-refractivity contribution in [3.63, 3.8) is 0 Å². The molecule has 2 N–H and O–H groups in total. The molecule has 0 radical (unpaired) electrons. The van der Waals surface area contributed by atoms with Crippen LogP contribution in [0.4, 0.5) is 0 Å². The molecular formula is C20H25NO3. The molecule has 0 spiro atoms. The molecule has 1 amide bonds. The molecule has 0 fully saturated rings. The van der Waals surface area contributed by atoms with Crippen molar-refractivity contribution in [2.75, 3.05) is 6.54 Å². The third-order valence-electron chi connectivity index (χ3n) is 3.75. The lowest BCUT2D eigenvalue weighted by Crippen LogP contribution is -2.30. The fraction of sp³-hybridized carbons (Fsp3) is 0.350. The van der Waals surface area contributed by atoms with Crippen molar-refractivity contribution in [2.45, 2.75) is 33.0 Å². The Kier molecular flexibility index (Phi) is 6.82. The van der Waals surface area contributed by atoms with Crippen LogP contribution >= 0.6 is 0 Å². The second-order valence-corrected chi connectivity index (χ2v) is 6.16. The van der Waals surface area contributed by atoms with Crippen LogP contribution in [0, 0.1) is 5.92 Å². The van der Waals surface area contributed by atoms with Crippen molar-refractivity contribution in [1.82, 2.24) is 5.32 Å². The summed E-state index contributed by atoms with van der Waals surface area (Å²) in [5, 5.41) is 12.3. The van der Waals surface area contributed by atoms with E-state index in [1.165, 1.54) is 0 Å². The number of rotatable bonds is 8. The molecule has 4 nitrogen and oxygen atoms in total. The van der Waals surface area contributed by atoms with Gasteiger partial charge >= 0.3 is 0 Å². The third kappa shape index (κ3) is 5.70. The van der Waals surface area contributed by atoms with Gasteiger partial charge in [0.15, 0.2) is 0 Å². The van der Waals surface area contributed by atoms with Gasteiger partial charge in [-0.3, -0.25) is 4.79 Å². The van der Waals surface area contributed by atoms with Crippen LogP contribution in [0.3, 0.4) is 0 Å². The maximum atomic E-state index is 12.4. The Bertz CT molecular complexity index is 640. The largest absolute Gasteiger partial charge is 0.489 e. The quantitative estimate of drug-likeness (QED) is 0.781. The lowest BCUT2D eigenvalue weighted by Gasteiger charge is -2.15. The summed E-state index contributed by atoms with van der Waals surface area (Å²) in [4.78, 5) is 12.4. The molecule has 2 aromatic carbocycles. The van der Waals surface area contributed by atoms with Crippen molar-refractivity contribution in [2.24, 2.45) is 5.92 Å². The first-order valence-electron chi connectivity index (χ1n) is 8.28. The number of amides is 1. The van der Waals surface area contributed by atoms with Crippen LogP contribution in [0.25, 0.3) is 0 Å². The maximum absolute atomic E-state index is 12.4. The van der Waals surface area contributed by atoms with Gasteiger partial charge in [-0.05, 0) is 37.5 Å². The van der Waals surface area contributed by atoms with Gasteiger partial charge in [0.2, 0.25) is 0 Å². The van der Waals surface area contributed by atoms with Crippen molar-refractivity contribution < 1.29 is 14.6 Å². The topological polar surface area (TPSA) is 58.6 Å². The van der Waals surface area contributed by atoms with Gasteiger partial charge in [-0.1, -0.05) is 43.3 Å². The first-order valence-corrected chi connectivity index (χ1v) is 8.28. The predicted octanol–water partition coefficient (Wildman–Crippen LogP) is 3.40. The van der Waals surface area contributed by atoms with Crippen molar-refractivity contribution >= 4 is 5.91 Å². The number of aliphatic hydroxyl groups excluding tert-OH is 1. The first-order chi connectivity index (χ1) is 11.6. The highest BCUT2D eigenvalue weighted by Crippen LogP contribution is 2.15. The Labute approximate surface area is 143 Å². The van der Waals surface area contributed by atoms with Gasteiger partial charge in [0, 0.05) is 17.7 Å². The monoisotopic (exact) mass is 327 g/mol. The molecule has 0 bridgehead atoms. The van der Waals surface area contributed by atoms with Gasteiger partial charge in [-0.25, -0.2) is 0 Å². The minimum absolute atomic E-state index is 0.111. The van der Waals surface area contributed by atoms with Crippen molar-refractivity contribution in [1.29, 1.82) is 0 Å². The van der Waals surface area contributed by atoms with E-state index >= 15 is 0 Å². The number of nitrogens with one attached hydrogen (secondary N) is 1. The van der Waals surface area contributed by atoms with E-state index in [9.17, 15) is 9.90 Å². The molecule has 24 heavy (non-hydrogen) atoms. The minimum atomic E-state index is -0.358. The fourth-order valence-corrected chi connectivity index (χ4v) is 2.57. The van der Waals surface area contributed by atoms with E-state index in [0.29, 0.717) is 25.1 Å². The SMILES string of the molecule is CC(O)CC(C)CNC(=O)c1ccccc1COc1ccccc1. The Morgan fingerprint density at radius 2 is 1.75 bits per heavy atom. The molecule has 2 aromatic rings. The summed E-state index contributed by atoms with van der Waals surface area (Å²) in [6.07, 6.45) is 0.308. The van der Waals surface area contributed by atoms with E-state index < -0.39 is 0 Å². The third-order valence-corrected chi connectivity index (χ3v) is 3.75. The van der Waals surface area contributed by atoms with Crippen LogP contribution < -0.4 is 10.1 Å². The van der Waals surface area contributed by atoms with Crippen LogP contribution in [0.1, 0.15) is 36.2 Å². The average Bonchev–Trinajstić information content (AvgIpc) is 2.58. The summed E-state index contributed by atoms with van der Waals surface area (Å²) < 4.78 is 5.75. The van der Waals surface area contributed by atoms with E-state index in [-0.39, 0.29) is 17.9 Å². The lowest BCUT2D eigenvalue weighted by atomic mass is 10.0. The Morgan fingerprint density at radius 3 is 2.46 bits per heavy atom. The maximum Gasteiger partial charge on any atom is 0.251 e. The molecule has 4 heteroatoms. The van der Waals surface area contributed by atoms with Crippen molar-refractivity contribution in [3.05, 3.63) is 65.7 Å². The molecule has 0 aliphatic carbocycles. The molecule has 0 aromatic heterocycles. The van der Waals surface area contributed by atoms with Crippen LogP contribution in [-0.4, -0.2) is 23.7 Å². The summed E-state index contributed by atoms with van der Waals surface area (Å²) in [7, 11) is 0. The number of ether oxygens (including phenoxy) is 1. The molecule has 2 atom stereocenters. The molecule has 0 saturated heterocycles. The average molecular weight is 327 g/mol. The highest BCUT2D eigenvalue weighted by molar-refractivity contribution is 5.95. The van der Waals surface area contributed by atoms with Crippen LogP contribution in [-0.2, 0) is 6.61 Å². The molecule has 0 aliphatic rings. The zero-order valence-corrected chi connectivity index (χ0v) is 14.2. The standard InChI is InChI=1S/C20H25NO3/c1-15(12-16(2)22)13-21-20(23)19-11-7-6-8-17(19)14-24-18-9-4-3-5-10-18/h3-11,15-16,22H,12-14H2,1-2H3,(H,21,23).